The number of hydrogen-bond acceptors (Lipinski definition) is 4. The molecule has 8 heteroatoms. The predicted molar refractivity (Wildman–Crippen MR) is 122 cm³/mol. The van der Waals surface area contributed by atoms with E-state index in [0.29, 0.717) is 28.0 Å². The van der Waals surface area contributed by atoms with Gasteiger partial charge in [-0.15, -0.1) is 0 Å². The summed E-state index contributed by atoms with van der Waals surface area (Å²) in [6, 6.07) is 17.6. The first-order valence-corrected chi connectivity index (χ1v) is 12.5. The van der Waals surface area contributed by atoms with Crippen molar-refractivity contribution in [2.24, 2.45) is 0 Å². The molecule has 1 saturated heterocycles. The van der Waals surface area contributed by atoms with E-state index < -0.39 is 9.84 Å². The van der Waals surface area contributed by atoms with Gasteiger partial charge < -0.3 is 9.32 Å². The number of amides is 1. The molecule has 2 heterocycles. The van der Waals surface area contributed by atoms with Crippen LogP contribution in [0.3, 0.4) is 0 Å². The molecule has 2 aromatic carbocycles. The van der Waals surface area contributed by atoms with Gasteiger partial charge in [0.1, 0.15) is 11.5 Å². The molecule has 0 saturated carbocycles. The fourth-order valence-corrected chi connectivity index (χ4v) is 5.70. The Morgan fingerprint density at radius 2 is 1.61 bits per heavy atom. The van der Waals surface area contributed by atoms with Crippen LogP contribution in [-0.2, 0) is 27.6 Å². The second kappa shape index (κ2) is 9.07. The van der Waals surface area contributed by atoms with E-state index in [1.807, 2.05) is 24.3 Å². The van der Waals surface area contributed by atoms with Crippen molar-refractivity contribution in [1.29, 1.82) is 0 Å². The molecule has 4 rings (SSSR count). The number of rotatable bonds is 6. The number of nitrogens with zero attached hydrogens (tertiary/aromatic N) is 1. The van der Waals surface area contributed by atoms with E-state index in [1.165, 1.54) is 0 Å². The van der Waals surface area contributed by atoms with Crippen LogP contribution in [0.1, 0.15) is 17.7 Å². The molecule has 0 aliphatic carbocycles. The summed E-state index contributed by atoms with van der Waals surface area (Å²) in [6.07, 6.45) is 0.595. The lowest BCUT2D eigenvalue weighted by atomic mass is 10.1. The Balaban J connectivity index is 1.55. The molecule has 0 spiro atoms. The van der Waals surface area contributed by atoms with Crippen LogP contribution in [0.4, 0.5) is 0 Å². The van der Waals surface area contributed by atoms with E-state index in [4.69, 9.17) is 27.6 Å². The van der Waals surface area contributed by atoms with Crippen molar-refractivity contribution in [3.05, 3.63) is 82.0 Å². The average molecular weight is 478 g/mol. The van der Waals surface area contributed by atoms with Gasteiger partial charge in [-0.1, -0.05) is 35.3 Å². The summed E-state index contributed by atoms with van der Waals surface area (Å²) in [7, 11) is -3.14. The minimum absolute atomic E-state index is 0.0237. The highest BCUT2D eigenvalue weighted by Crippen LogP contribution is 2.27. The Hall–Kier alpha value is -2.28. The van der Waals surface area contributed by atoms with Crippen molar-refractivity contribution < 1.29 is 17.6 Å². The fraction of sp³-hybridized carbons (Fsp3) is 0.261. The summed E-state index contributed by atoms with van der Waals surface area (Å²) in [5.74, 6) is 1.18. The quantitative estimate of drug-likeness (QED) is 0.500. The number of benzene rings is 2. The molecule has 1 amide bonds. The van der Waals surface area contributed by atoms with E-state index in [9.17, 15) is 13.2 Å². The first-order chi connectivity index (χ1) is 14.8. The molecule has 1 unspecified atom stereocenters. The number of sulfone groups is 1. The van der Waals surface area contributed by atoms with Crippen molar-refractivity contribution in [3.8, 4) is 11.3 Å². The lowest BCUT2D eigenvalue weighted by Crippen LogP contribution is -2.41. The molecule has 31 heavy (non-hydrogen) atoms. The van der Waals surface area contributed by atoms with Gasteiger partial charge in [0, 0.05) is 21.7 Å². The summed E-state index contributed by atoms with van der Waals surface area (Å²) in [5.41, 5.74) is 1.69. The molecule has 162 valence electrons. The molecule has 0 N–H and O–H groups in total. The van der Waals surface area contributed by atoms with Crippen LogP contribution < -0.4 is 0 Å². The van der Waals surface area contributed by atoms with Gasteiger partial charge in [-0.05, 0) is 60.5 Å². The van der Waals surface area contributed by atoms with Crippen LogP contribution in [0.5, 0.6) is 0 Å². The molecule has 1 fully saturated rings. The fourth-order valence-electron chi connectivity index (χ4n) is 3.72. The zero-order chi connectivity index (χ0) is 22.0. The van der Waals surface area contributed by atoms with Crippen LogP contribution in [0.2, 0.25) is 10.0 Å². The summed E-state index contributed by atoms with van der Waals surface area (Å²) in [5, 5.41) is 1.23. The van der Waals surface area contributed by atoms with E-state index >= 15 is 0 Å². The minimum atomic E-state index is -3.14. The van der Waals surface area contributed by atoms with Crippen molar-refractivity contribution in [2.75, 3.05) is 11.5 Å². The third kappa shape index (κ3) is 5.50. The standard InChI is InChI=1S/C23H21Cl2NO4S/c24-18-5-1-16(2-6-18)13-23(27)26(20-11-12-31(28,29)15-20)14-21-9-10-22(30-21)17-3-7-19(25)8-4-17/h1-10,20H,11-15H2. The van der Waals surface area contributed by atoms with E-state index in [2.05, 4.69) is 0 Å². The van der Waals surface area contributed by atoms with Gasteiger partial charge in [-0.3, -0.25) is 4.79 Å². The van der Waals surface area contributed by atoms with Crippen LogP contribution in [0.25, 0.3) is 11.3 Å². The molecule has 1 aliphatic heterocycles. The number of hydrogen-bond donors (Lipinski definition) is 0. The first kappa shape index (κ1) is 21.9. The zero-order valence-electron chi connectivity index (χ0n) is 16.6. The van der Waals surface area contributed by atoms with Gasteiger partial charge in [0.15, 0.2) is 9.84 Å². The molecule has 1 aromatic heterocycles. The topological polar surface area (TPSA) is 67.6 Å². The Bertz CT molecular complexity index is 1170. The van der Waals surface area contributed by atoms with Gasteiger partial charge in [0.25, 0.3) is 0 Å². The molecule has 5 nitrogen and oxygen atoms in total. The van der Waals surface area contributed by atoms with E-state index in [1.54, 1.807) is 41.3 Å². The van der Waals surface area contributed by atoms with Crippen molar-refractivity contribution >= 4 is 38.9 Å². The Kier molecular flexibility index (Phi) is 6.42. The van der Waals surface area contributed by atoms with Gasteiger partial charge in [0.05, 0.1) is 24.5 Å². The Morgan fingerprint density at radius 1 is 0.968 bits per heavy atom. The summed E-state index contributed by atoms with van der Waals surface area (Å²) in [6.45, 7) is 0.209. The molecule has 1 atom stereocenters. The molecule has 3 aromatic rings. The van der Waals surface area contributed by atoms with Gasteiger partial charge in [-0.25, -0.2) is 8.42 Å². The number of furan rings is 1. The maximum absolute atomic E-state index is 13.2. The summed E-state index contributed by atoms with van der Waals surface area (Å²) >= 11 is 11.9. The monoisotopic (exact) mass is 477 g/mol. The number of carbonyl (C=O) groups excluding carboxylic acids is 1. The Labute approximate surface area is 191 Å². The molecular formula is C23H21Cl2NO4S. The number of halogens is 2. The van der Waals surface area contributed by atoms with E-state index in [0.717, 1.165) is 11.1 Å². The van der Waals surface area contributed by atoms with Gasteiger partial charge >= 0.3 is 0 Å². The van der Waals surface area contributed by atoms with Crippen molar-refractivity contribution in [3.63, 3.8) is 0 Å². The predicted octanol–water partition coefficient (Wildman–Crippen LogP) is 5.01. The van der Waals surface area contributed by atoms with Gasteiger partial charge in [-0.2, -0.15) is 0 Å². The van der Waals surface area contributed by atoms with Gasteiger partial charge in [0.2, 0.25) is 5.91 Å². The van der Waals surface area contributed by atoms with Crippen LogP contribution in [0, 0.1) is 0 Å². The highest BCUT2D eigenvalue weighted by molar-refractivity contribution is 7.91. The summed E-state index contributed by atoms with van der Waals surface area (Å²) in [4.78, 5) is 14.8. The second-order valence-corrected chi connectivity index (χ2v) is 10.8. The van der Waals surface area contributed by atoms with E-state index in [-0.39, 0.29) is 36.4 Å². The second-order valence-electron chi connectivity index (χ2n) is 7.65. The average Bonchev–Trinajstić information content (AvgIpc) is 3.34. The highest BCUT2D eigenvalue weighted by Gasteiger charge is 2.35. The SMILES string of the molecule is O=C(Cc1ccc(Cl)cc1)N(Cc1ccc(-c2ccc(Cl)cc2)o1)C1CCS(=O)(=O)C1. The third-order valence-corrected chi connectivity index (χ3v) is 7.61. The maximum Gasteiger partial charge on any atom is 0.227 e. The normalized spacial score (nSPS) is 17.5. The molecule has 0 bridgehead atoms. The zero-order valence-corrected chi connectivity index (χ0v) is 19.0. The smallest absolute Gasteiger partial charge is 0.227 e. The molecule has 0 radical (unpaired) electrons. The summed E-state index contributed by atoms with van der Waals surface area (Å²) < 4.78 is 30.1. The van der Waals surface area contributed by atoms with Crippen LogP contribution in [0.15, 0.2) is 65.1 Å². The lowest BCUT2D eigenvalue weighted by molar-refractivity contribution is -0.133. The van der Waals surface area contributed by atoms with Crippen LogP contribution in [-0.4, -0.2) is 36.8 Å². The van der Waals surface area contributed by atoms with Crippen LogP contribution >= 0.6 is 23.2 Å². The highest BCUT2D eigenvalue weighted by atomic mass is 35.5. The maximum atomic E-state index is 13.2. The largest absolute Gasteiger partial charge is 0.459 e. The lowest BCUT2D eigenvalue weighted by Gasteiger charge is -2.27. The third-order valence-electron chi connectivity index (χ3n) is 5.35. The first-order valence-electron chi connectivity index (χ1n) is 9.88. The number of carbonyl (C=O) groups is 1. The molecule has 1 aliphatic rings. The molecular weight excluding hydrogens is 457 g/mol. The minimum Gasteiger partial charge on any atom is -0.459 e. The van der Waals surface area contributed by atoms with Crippen molar-refractivity contribution in [2.45, 2.75) is 25.4 Å². The Morgan fingerprint density at radius 3 is 2.23 bits per heavy atom. The van der Waals surface area contributed by atoms with Crippen molar-refractivity contribution in [1.82, 2.24) is 4.90 Å².